The number of rotatable bonds is 4. The van der Waals surface area contributed by atoms with Gasteiger partial charge in [0.1, 0.15) is 0 Å². The molecule has 33 heavy (non-hydrogen) atoms. The Morgan fingerprint density at radius 3 is 2.42 bits per heavy atom. The number of carbonyl (C=O) groups is 1. The van der Waals surface area contributed by atoms with Crippen LogP contribution in [-0.4, -0.2) is 53.9 Å². The molecule has 2 saturated heterocycles. The number of aromatic nitrogens is 1. The average Bonchev–Trinajstić information content (AvgIpc) is 3.41. The molecule has 1 amide bonds. The van der Waals surface area contributed by atoms with Crippen LogP contribution in [0, 0.1) is 0 Å². The van der Waals surface area contributed by atoms with Gasteiger partial charge in [-0.3, -0.25) is 9.69 Å². The zero-order chi connectivity index (χ0) is 22.8. The molecule has 6 nitrogen and oxygen atoms in total. The zero-order valence-electron chi connectivity index (χ0n) is 18.1. The van der Waals surface area contributed by atoms with Gasteiger partial charge in [0.2, 0.25) is 0 Å². The highest BCUT2D eigenvalue weighted by molar-refractivity contribution is 8.18. The van der Waals surface area contributed by atoms with E-state index < -0.39 is 0 Å². The van der Waals surface area contributed by atoms with E-state index in [2.05, 4.69) is 17.0 Å². The molecule has 0 unspecified atom stereocenters. The van der Waals surface area contributed by atoms with Crippen LogP contribution in [0.2, 0.25) is 5.02 Å². The third-order valence-electron chi connectivity index (χ3n) is 5.62. The summed E-state index contributed by atoms with van der Waals surface area (Å²) in [5, 5.41) is 1.35. The van der Waals surface area contributed by atoms with Crippen molar-refractivity contribution in [3.63, 3.8) is 0 Å². The zero-order valence-corrected chi connectivity index (χ0v) is 19.7. The number of hydrogen-bond acceptors (Lipinski definition) is 5. The number of anilines is 1. The van der Waals surface area contributed by atoms with Crippen LogP contribution in [0.4, 0.5) is 11.4 Å². The number of hydrogen-bond donors (Lipinski definition) is 0. The van der Waals surface area contributed by atoms with Crippen molar-refractivity contribution in [3.05, 3.63) is 82.5 Å². The number of halogens is 1. The number of ether oxygens (including phenoxy) is 1. The Kier molecular flexibility index (Phi) is 6.26. The molecule has 0 radical (unpaired) electrons. The van der Waals surface area contributed by atoms with E-state index in [4.69, 9.17) is 21.3 Å². The fourth-order valence-electron chi connectivity index (χ4n) is 3.80. The molecule has 5 rings (SSSR count). The molecule has 2 fully saturated rings. The Morgan fingerprint density at radius 2 is 1.70 bits per heavy atom. The second-order valence-electron chi connectivity index (χ2n) is 7.76. The molecule has 8 heteroatoms. The number of carbonyl (C=O) groups excluding carboxylic acids is 1. The minimum Gasteiger partial charge on any atom is -0.378 e. The van der Waals surface area contributed by atoms with Gasteiger partial charge < -0.3 is 14.2 Å². The van der Waals surface area contributed by atoms with Crippen LogP contribution in [-0.2, 0) is 9.53 Å². The van der Waals surface area contributed by atoms with Crippen molar-refractivity contribution in [2.75, 3.05) is 38.3 Å². The van der Waals surface area contributed by atoms with Gasteiger partial charge in [-0.1, -0.05) is 11.6 Å². The van der Waals surface area contributed by atoms with E-state index >= 15 is 0 Å². The maximum Gasteiger partial charge on any atom is 0.266 e. The van der Waals surface area contributed by atoms with Crippen LogP contribution in [0.1, 0.15) is 5.69 Å². The fraction of sp³-hybridized carbons (Fsp3) is 0.200. The molecule has 0 aliphatic carbocycles. The SMILES string of the molecule is CN1C(=O)C(=Cc2cccn2-c2ccc(Cl)cc2)SC1=Nc1ccc(N2CCOCC2)cc1. The lowest BCUT2D eigenvalue weighted by Gasteiger charge is -2.28. The van der Waals surface area contributed by atoms with Gasteiger partial charge in [0.05, 0.1) is 23.8 Å². The van der Waals surface area contributed by atoms with Crippen molar-refractivity contribution in [3.8, 4) is 5.69 Å². The Hall–Kier alpha value is -3.00. The second-order valence-corrected chi connectivity index (χ2v) is 9.21. The average molecular weight is 479 g/mol. The molecule has 0 atom stereocenters. The predicted molar refractivity (Wildman–Crippen MR) is 136 cm³/mol. The molecular formula is C25H23ClN4O2S. The molecule has 0 saturated carbocycles. The molecule has 2 aromatic carbocycles. The van der Waals surface area contributed by atoms with Gasteiger partial charge in [-0.05, 0) is 78.5 Å². The van der Waals surface area contributed by atoms with Gasteiger partial charge in [-0.15, -0.1) is 0 Å². The normalized spacial score (nSPS) is 19.2. The molecule has 0 bridgehead atoms. The molecular weight excluding hydrogens is 456 g/mol. The lowest BCUT2D eigenvalue weighted by Crippen LogP contribution is -2.36. The van der Waals surface area contributed by atoms with Crippen molar-refractivity contribution in [1.82, 2.24) is 9.47 Å². The summed E-state index contributed by atoms with van der Waals surface area (Å²) in [7, 11) is 1.76. The van der Waals surface area contributed by atoms with Crippen LogP contribution in [0.5, 0.6) is 0 Å². The Morgan fingerprint density at radius 1 is 1.00 bits per heavy atom. The van der Waals surface area contributed by atoms with E-state index in [1.165, 1.54) is 11.8 Å². The molecule has 2 aliphatic heterocycles. The fourth-order valence-corrected chi connectivity index (χ4v) is 4.90. The Balaban J connectivity index is 1.36. The lowest BCUT2D eigenvalue weighted by molar-refractivity contribution is -0.121. The highest BCUT2D eigenvalue weighted by Crippen LogP contribution is 2.34. The summed E-state index contributed by atoms with van der Waals surface area (Å²) in [5.74, 6) is -0.0625. The van der Waals surface area contributed by atoms with Gasteiger partial charge in [0, 0.05) is 48.4 Å². The Labute approximate surface area is 202 Å². The molecule has 0 spiro atoms. The third-order valence-corrected chi connectivity index (χ3v) is 6.93. The molecule has 168 valence electrons. The Bertz CT molecular complexity index is 1210. The first-order valence-electron chi connectivity index (χ1n) is 10.7. The van der Waals surface area contributed by atoms with Gasteiger partial charge in [-0.25, -0.2) is 4.99 Å². The number of aliphatic imine (C=N–C) groups is 1. The third kappa shape index (κ3) is 4.71. The van der Waals surface area contributed by atoms with E-state index in [1.54, 1.807) is 11.9 Å². The van der Waals surface area contributed by atoms with Crippen LogP contribution in [0.15, 0.2) is 76.8 Å². The largest absolute Gasteiger partial charge is 0.378 e. The number of morpholine rings is 1. The highest BCUT2D eigenvalue weighted by atomic mass is 35.5. The van der Waals surface area contributed by atoms with Gasteiger partial charge in [-0.2, -0.15) is 0 Å². The second kappa shape index (κ2) is 9.47. The smallest absolute Gasteiger partial charge is 0.266 e. The van der Waals surface area contributed by atoms with Crippen molar-refractivity contribution >= 4 is 51.9 Å². The van der Waals surface area contributed by atoms with E-state index in [0.29, 0.717) is 15.1 Å². The summed E-state index contributed by atoms with van der Waals surface area (Å²) in [6.07, 6.45) is 3.87. The van der Waals surface area contributed by atoms with Crippen LogP contribution >= 0.6 is 23.4 Å². The molecule has 2 aliphatic rings. The summed E-state index contributed by atoms with van der Waals surface area (Å²) < 4.78 is 7.45. The van der Waals surface area contributed by atoms with E-state index in [-0.39, 0.29) is 5.91 Å². The number of amides is 1. The first kappa shape index (κ1) is 21.8. The van der Waals surface area contributed by atoms with Gasteiger partial charge in [0.15, 0.2) is 5.17 Å². The molecule has 3 aromatic rings. The summed E-state index contributed by atoms with van der Waals surface area (Å²) >= 11 is 7.41. The first-order chi connectivity index (χ1) is 16.1. The van der Waals surface area contributed by atoms with Crippen molar-refractivity contribution < 1.29 is 9.53 Å². The number of amidine groups is 1. The summed E-state index contributed by atoms with van der Waals surface area (Å²) in [4.78, 5) is 22.2. The minimum atomic E-state index is -0.0625. The quantitative estimate of drug-likeness (QED) is 0.483. The molecule has 3 heterocycles. The van der Waals surface area contributed by atoms with Crippen molar-refractivity contribution in [1.29, 1.82) is 0 Å². The van der Waals surface area contributed by atoms with Crippen LogP contribution in [0.25, 0.3) is 11.8 Å². The maximum absolute atomic E-state index is 12.9. The van der Waals surface area contributed by atoms with E-state index in [0.717, 1.165) is 49.1 Å². The standard InChI is InChI=1S/C25H23ClN4O2S/c1-28-24(31)23(17-22-3-2-12-30(22)21-8-4-18(26)5-9-21)33-25(28)27-19-6-10-20(11-7-19)29-13-15-32-16-14-29/h2-12,17H,13-16H2,1H3. The van der Waals surface area contributed by atoms with E-state index in [9.17, 15) is 4.79 Å². The summed E-state index contributed by atoms with van der Waals surface area (Å²) in [6.45, 7) is 3.30. The number of nitrogens with zero attached hydrogens (tertiary/aromatic N) is 4. The van der Waals surface area contributed by atoms with Crippen molar-refractivity contribution in [2.24, 2.45) is 4.99 Å². The monoisotopic (exact) mass is 478 g/mol. The molecule has 0 N–H and O–H groups in total. The topological polar surface area (TPSA) is 50.1 Å². The number of likely N-dealkylation sites (N-methyl/N-ethyl adjacent to an activating group) is 1. The predicted octanol–water partition coefficient (Wildman–Crippen LogP) is 5.20. The van der Waals surface area contributed by atoms with Crippen molar-refractivity contribution in [2.45, 2.75) is 0 Å². The minimum absolute atomic E-state index is 0.0625. The van der Waals surface area contributed by atoms with E-state index in [1.807, 2.05) is 65.4 Å². The number of thioether (sulfide) groups is 1. The highest BCUT2D eigenvalue weighted by Gasteiger charge is 2.30. The summed E-state index contributed by atoms with van der Waals surface area (Å²) in [5.41, 5.74) is 3.88. The van der Waals surface area contributed by atoms with Crippen LogP contribution < -0.4 is 4.90 Å². The van der Waals surface area contributed by atoms with Gasteiger partial charge >= 0.3 is 0 Å². The lowest BCUT2D eigenvalue weighted by atomic mass is 10.2. The summed E-state index contributed by atoms with van der Waals surface area (Å²) in [6, 6.07) is 19.7. The molecule has 1 aromatic heterocycles. The van der Waals surface area contributed by atoms with Crippen LogP contribution in [0.3, 0.4) is 0 Å². The number of benzene rings is 2. The maximum atomic E-state index is 12.9. The van der Waals surface area contributed by atoms with Gasteiger partial charge in [0.25, 0.3) is 5.91 Å². The first-order valence-corrected chi connectivity index (χ1v) is 11.9.